The van der Waals surface area contributed by atoms with Crippen LogP contribution in [0.15, 0.2) is 0 Å². The van der Waals surface area contributed by atoms with E-state index in [0.717, 1.165) is 30.5 Å². The first-order valence-corrected chi connectivity index (χ1v) is 5.16. The Bertz CT molecular complexity index is 401. The third-order valence-electron chi connectivity index (χ3n) is 2.64. The van der Waals surface area contributed by atoms with Gasteiger partial charge >= 0.3 is 6.18 Å². The Hall–Kier alpha value is -1.33. The fourth-order valence-corrected chi connectivity index (χ4v) is 1.88. The summed E-state index contributed by atoms with van der Waals surface area (Å²) in [5, 5.41) is 0. The molecule has 16 heavy (non-hydrogen) atoms. The molecule has 0 amide bonds. The number of halogens is 3. The van der Waals surface area contributed by atoms with E-state index in [9.17, 15) is 13.2 Å². The maximum Gasteiger partial charge on any atom is 0.389 e. The lowest BCUT2D eigenvalue weighted by molar-refractivity contribution is -0.134. The maximum absolute atomic E-state index is 12.0. The molecule has 1 aromatic rings. The molecule has 2 N–H and O–H groups in total. The number of alkyl halides is 3. The summed E-state index contributed by atoms with van der Waals surface area (Å²) in [6, 6.07) is 0. The zero-order valence-corrected chi connectivity index (χ0v) is 8.64. The second-order valence-corrected chi connectivity index (χ2v) is 3.92. The Kier molecular flexibility index (Phi) is 2.73. The number of fused-ring (bicyclic) bond motifs is 1. The van der Waals surface area contributed by atoms with E-state index in [0.29, 0.717) is 5.82 Å². The maximum atomic E-state index is 12.0. The van der Waals surface area contributed by atoms with Gasteiger partial charge in [-0.3, -0.25) is 0 Å². The van der Waals surface area contributed by atoms with Crippen LogP contribution < -0.4 is 5.73 Å². The molecular formula is C10H12F3N3. The van der Waals surface area contributed by atoms with Crippen molar-refractivity contribution in [2.24, 2.45) is 0 Å². The minimum absolute atomic E-state index is 0.193. The zero-order valence-electron chi connectivity index (χ0n) is 8.64. The van der Waals surface area contributed by atoms with Gasteiger partial charge in [-0.2, -0.15) is 13.2 Å². The molecule has 0 fully saturated rings. The summed E-state index contributed by atoms with van der Waals surface area (Å²) in [6.45, 7) is 0. The highest BCUT2D eigenvalue weighted by Gasteiger charge is 2.27. The second-order valence-electron chi connectivity index (χ2n) is 3.92. The van der Waals surface area contributed by atoms with Crippen molar-refractivity contribution in [1.29, 1.82) is 0 Å². The molecule has 3 nitrogen and oxygen atoms in total. The molecule has 6 heteroatoms. The highest BCUT2D eigenvalue weighted by Crippen LogP contribution is 2.26. The van der Waals surface area contributed by atoms with E-state index in [1.165, 1.54) is 0 Å². The van der Waals surface area contributed by atoms with Gasteiger partial charge in [0.05, 0.1) is 6.42 Å². The molecule has 0 aliphatic heterocycles. The number of anilines is 1. The molecule has 0 saturated heterocycles. The van der Waals surface area contributed by atoms with Gasteiger partial charge in [-0.25, -0.2) is 9.97 Å². The summed E-state index contributed by atoms with van der Waals surface area (Å²) in [6.07, 6.45) is -2.68. The van der Waals surface area contributed by atoms with Crippen LogP contribution in [0.4, 0.5) is 19.0 Å². The molecule has 0 aromatic carbocycles. The number of nitrogens with zero attached hydrogens (tertiary/aromatic N) is 2. The van der Waals surface area contributed by atoms with Crippen LogP contribution >= 0.6 is 0 Å². The average Bonchev–Trinajstić information content (AvgIpc) is 2.62. The summed E-state index contributed by atoms with van der Waals surface area (Å²) in [5.41, 5.74) is 7.42. The van der Waals surface area contributed by atoms with Crippen LogP contribution in [0, 0.1) is 0 Å². The summed E-state index contributed by atoms with van der Waals surface area (Å²) in [4.78, 5) is 8.04. The number of aromatic nitrogens is 2. The number of nitrogens with two attached hydrogens (primary N) is 1. The normalized spacial score (nSPS) is 15.2. The SMILES string of the molecule is Nc1nc(CCC(F)(F)F)nc2c1CCC2. The molecule has 1 aliphatic carbocycles. The Morgan fingerprint density at radius 3 is 2.62 bits per heavy atom. The van der Waals surface area contributed by atoms with Gasteiger partial charge in [0.15, 0.2) is 0 Å². The number of nitrogen functional groups attached to an aromatic ring is 1. The van der Waals surface area contributed by atoms with Gasteiger partial charge in [0.25, 0.3) is 0 Å². The first kappa shape index (κ1) is 11.2. The Balaban J connectivity index is 2.14. The molecule has 1 aromatic heterocycles. The van der Waals surface area contributed by atoms with Crippen molar-refractivity contribution in [3.8, 4) is 0 Å². The van der Waals surface area contributed by atoms with E-state index in [1.807, 2.05) is 0 Å². The zero-order chi connectivity index (χ0) is 11.8. The Morgan fingerprint density at radius 1 is 1.19 bits per heavy atom. The molecule has 2 rings (SSSR count). The monoisotopic (exact) mass is 231 g/mol. The minimum Gasteiger partial charge on any atom is -0.383 e. The van der Waals surface area contributed by atoms with E-state index in [4.69, 9.17) is 5.73 Å². The molecule has 1 aliphatic rings. The van der Waals surface area contributed by atoms with E-state index < -0.39 is 12.6 Å². The number of aryl methyl sites for hydroxylation is 2. The molecule has 0 saturated carbocycles. The molecule has 0 spiro atoms. The van der Waals surface area contributed by atoms with Gasteiger partial charge in [0.2, 0.25) is 0 Å². The van der Waals surface area contributed by atoms with E-state index >= 15 is 0 Å². The molecule has 0 atom stereocenters. The number of hydrogen-bond acceptors (Lipinski definition) is 3. The first-order valence-electron chi connectivity index (χ1n) is 5.16. The Morgan fingerprint density at radius 2 is 1.94 bits per heavy atom. The minimum atomic E-state index is -4.17. The molecule has 88 valence electrons. The highest BCUT2D eigenvalue weighted by molar-refractivity contribution is 5.44. The van der Waals surface area contributed by atoms with Gasteiger partial charge in [0.1, 0.15) is 11.6 Å². The van der Waals surface area contributed by atoms with Crippen molar-refractivity contribution in [3.05, 3.63) is 17.1 Å². The van der Waals surface area contributed by atoms with E-state index in [2.05, 4.69) is 9.97 Å². The molecule has 0 radical (unpaired) electrons. The first-order chi connectivity index (χ1) is 7.46. The van der Waals surface area contributed by atoms with Gasteiger partial charge in [-0.1, -0.05) is 0 Å². The fourth-order valence-electron chi connectivity index (χ4n) is 1.88. The summed E-state index contributed by atoms with van der Waals surface area (Å²) in [5.74, 6) is 0.551. The summed E-state index contributed by atoms with van der Waals surface area (Å²) < 4.78 is 36.1. The van der Waals surface area contributed by atoms with Crippen LogP contribution in [-0.2, 0) is 19.3 Å². The standard InChI is InChI=1S/C10H12F3N3/c11-10(12,13)5-4-8-15-7-3-1-2-6(7)9(14)16-8/h1-5H2,(H2,14,15,16). The highest BCUT2D eigenvalue weighted by atomic mass is 19.4. The number of hydrogen-bond donors (Lipinski definition) is 1. The largest absolute Gasteiger partial charge is 0.389 e. The lowest BCUT2D eigenvalue weighted by atomic mass is 10.2. The molecular weight excluding hydrogens is 219 g/mol. The lowest BCUT2D eigenvalue weighted by Crippen LogP contribution is -2.12. The predicted octanol–water partition coefficient (Wildman–Crippen LogP) is 2.04. The third-order valence-corrected chi connectivity index (χ3v) is 2.64. The van der Waals surface area contributed by atoms with Crippen LogP contribution in [0.1, 0.15) is 29.9 Å². The van der Waals surface area contributed by atoms with Crippen LogP contribution in [0.5, 0.6) is 0 Å². The number of rotatable bonds is 2. The van der Waals surface area contributed by atoms with Crippen molar-refractivity contribution in [3.63, 3.8) is 0 Å². The summed E-state index contributed by atoms with van der Waals surface area (Å²) >= 11 is 0. The van der Waals surface area contributed by atoms with Crippen LogP contribution in [0.3, 0.4) is 0 Å². The smallest absolute Gasteiger partial charge is 0.383 e. The topological polar surface area (TPSA) is 51.8 Å². The van der Waals surface area contributed by atoms with E-state index in [1.54, 1.807) is 0 Å². The van der Waals surface area contributed by atoms with Gasteiger partial charge in [-0.05, 0) is 19.3 Å². The van der Waals surface area contributed by atoms with Crippen molar-refractivity contribution in [2.75, 3.05) is 5.73 Å². The predicted molar refractivity (Wildman–Crippen MR) is 52.8 cm³/mol. The Labute approximate surface area is 90.9 Å². The van der Waals surface area contributed by atoms with Crippen molar-refractivity contribution < 1.29 is 13.2 Å². The third kappa shape index (κ3) is 2.43. The van der Waals surface area contributed by atoms with Crippen molar-refractivity contribution in [1.82, 2.24) is 9.97 Å². The summed E-state index contributed by atoms with van der Waals surface area (Å²) in [7, 11) is 0. The molecule has 0 bridgehead atoms. The lowest BCUT2D eigenvalue weighted by Gasteiger charge is -2.08. The van der Waals surface area contributed by atoms with Crippen LogP contribution in [0.2, 0.25) is 0 Å². The quantitative estimate of drug-likeness (QED) is 0.847. The van der Waals surface area contributed by atoms with Crippen molar-refractivity contribution in [2.45, 2.75) is 38.3 Å². The second kappa shape index (κ2) is 3.92. The van der Waals surface area contributed by atoms with E-state index in [-0.39, 0.29) is 12.2 Å². The van der Waals surface area contributed by atoms with Crippen LogP contribution in [0.25, 0.3) is 0 Å². The van der Waals surface area contributed by atoms with Crippen molar-refractivity contribution >= 4 is 5.82 Å². The van der Waals surface area contributed by atoms with Gasteiger partial charge in [0, 0.05) is 17.7 Å². The molecule has 1 heterocycles. The molecule has 0 unspecified atom stereocenters. The van der Waals surface area contributed by atoms with Crippen LogP contribution in [-0.4, -0.2) is 16.1 Å². The van der Waals surface area contributed by atoms with Gasteiger partial charge < -0.3 is 5.73 Å². The van der Waals surface area contributed by atoms with Gasteiger partial charge in [-0.15, -0.1) is 0 Å². The average molecular weight is 231 g/mol. The fraction of sp³-hybridized carbons (Fsp3) is 0.600.